The van der Waals surface area contributed by atoms with Crippen LogP contribution in [0.3, 0.4) is 0 Å². The van der Waals surface area contributed by atoms with E-state index in [1.807, 2.05) is 13.0 Å². The van der Waals surface area contributed by atoms with Crippen molar-refractivity contribution in [1.29, 1.82) is 0 Å². The van der Waals surface area contributed by atoms with Crippen LogP contribution in [0.4, 0.5) is 0 Å². The van der Waals surface area contributed by atoms with Crippen molar-refractivity contribution in [3.8, 4) is 5.75 Å². The van der Waals surface area contributed by atoms with E-state index in [-0.39, 0.29) is 23.7 Å². The van der Waals surface area contributed by atoms with Crippen LogP contribution in [-0.4, -0.2) is 18.6 Å². The molecule has 0 aliphatic heterocycles. The van der Waals surface area contributed by atoms with Gasteiger partial charge in [0.05, 0.1) is 12.4 Å². The molecule has 122 valence electrons. The van der Waals surface area contributed by atoms with Gasteiger partial charge in [-0.15, -0.1) is 11.6 Å². The number of amides is 1. The van der Waals surface area contributed by atoms with Gasteiger partial charge in [0.2, 0.25) is 0 Å². The molecule has 1 unspecified atom stereocenters. The minimum atomic E-state index is -0.259. The maximum atomic E-state index is 12.0. The highest BCUT2D eigenvalue weighted by Gasteiger charge is 2.14. The number of aryl methyl sites for hydroxylation is 2. The summed E-state index contributed by atoms with van der Waals surface area (Å²) in [6, 6.07) is 9.58. The van der Waals surface area contributed by atoms with Crippen molar-refractivity contribution in [3.05, 3.63) is 53.0 Å². The van der Waals surface area contributed by atoms with Crippen LogP contribution in [-0.2, 0) is 18.7 Å². The summed E-state index contributed by atoms with van der Waals surface area (Å²) in [6.45, 7) is 2.34. The summed E-state index contributed by atoms with van der Waals surface area (Å²) in [7, 11) is 0. The van der Waals surface area contributed by atoms with Gasteiger partial charge in [-0.05, 0) is 61.6 Å². The maximum Gasteiger partial charge on any atom is 0.287 e. The molecular weight excluding hydrogens is 314 g/mol. The molecule has 0 bridgehead atoms. The Morgan fingerprint density at radius 1 is 1.30 bits per heavy atom. The van der Waals surface area contributed by atoms with E-state index >= 15 is 0 Å². The summed E-state index contributed by atoms with van der Waals surface area (Å²) < 4.78 is 11.2. The van der Waals surface area contributed by atoms with Crippen molar-refractivity contribution < 1.29 is 13.9 Å². The summed E-state index contributed by atoms with van der Waals surface area (Å²) in [5.74, 6) is 1.70. The molecule has 0 radical (unpaired) electrons. The molecule has 1 atom stereocenters. The number of nitrogens with one attached hydrogen (secondary N) is 1. The molecule has 0 fully saturated rings. The molecular formula is C18H20ClNO3. The average Bonchev–Trinajstić information content (AvgIpc) is 3.20. The van der Waals surface area contributed by atoms with E-state index in [0.717, 1.165) is 18.6 Å². The van der Waals surface area contributed by atoms with Crippen LogP contribution < -0.4 is 10.1 Å². The Morgan fingerprint density at radius 3 is 2.91 bits per heavy atom. The van der Waals surface area contributed by atoms with Crippen molar-refractivity contribution in [1.82, 2.24) is 5.32 Å². The molecule has 0 saturated carbocycles. The monoisotopic (exact) mass is 333 g/mol. The van der Waals surface area contributed by atoms with E-state index in [4.69, 9.17) is 20.8 Å². The number of fused-ring (bicyclic) bond motifs is 1. The number of alkyl halides is 1. The third-order valence-corrected chi connectivity index (χ3v) is 4.24. The largest absolute Gasteiger partial charge is 0.489 e. The first-order chi connectivity index (χ1) is 11.2. The van der Waals surface area contributed by atoms with Crippen LogP contribution in [0, 0.1) is 0 Å². The number of halogens is 1. The Bertz CT molecular complexity index is 695. The second-order valence-corrected chi connectivity index (χ2v) is 6.09. The fourth-order valence-corrected chi connectivity index (χ4v) is 2.93. The number of benzene rings is 1. The lowest BCUT2D eigenvalue weighted by molar-refractivity contribution is 0.0903. The quantitative estimate of drug-likeness (QED) is 0.820. The number of rotatable bonds is 6. The van der Waals surface area contributed by atoms with Crippen LogP contribution in [0.5, 0.6) is 5.75 Å². The Morgan fingerprint density at radius 2 is 2.13 bits per heavy atom. The predicted octanol–water partition coefficient (Wildman–Crippen LogP) is 3.70. The van der Waals surface area contributed by atoms with E-state index in [1.54, 1.807) is 12.1 Å². The standard InChI is InChI=1S/C18H20ClNO3/c1-12(11-20-18(21)17-8-7-16(10-19)23-17)22-15-6-5-13-3-2-4-14(13)9-15/h5-9,12H,2-4,10-11H2,1H3,(H,20,21). The van der Waals surface area contributed by atoms with Gasteiger partial charge in [-0.1, -0.05) is 6.07 Å². The topological polar surface area (TPSA) is 51.5 Å². The van der Waals surface area contributed by atoms with Crippen LogP contribution in [0.15, 0.2) is 34.7 Å². The molecule has 0 spiro atoms. The average molecular weight is 334 g/mol. The minimum absolute atomic E-state index is 0.124. The lowest BCUT2D eigenvalue weighted by atomic mass is 10.1. The van der Waals surface area contributed by atoms with Gasteiger partial charge < -0.3 is 14.5 Å². The predicted molar refractivity (Wildman–Crippen MR) is 89.2 cm³/mol. The molecule has 1 aromatic heterocycles. The summed E-state index contributed by atoms with van der Waals surface area (Å²) in [6.07, 6.45) is 3.38. The van der Waals surface area contributed by atoms with Gasteiger partial charge >= 0.3 is 0 Å². The number of ether oxygens (including phenoxy) is 1. The van der Waals surface area contributed by atoms with Crippen molar-refractivity contribution in [2.24, 2.45) is 0 Å². The second-order valence-electron chi connectivity index (χ2n) is 5.82. The summed E-state index contributed by atoms with van der Waals surface area (Å²) in [4.78, 5) is 12.0. The summed E-state index contributed by atoms with van der Waals surface area (Å²) in [5, 5.41) is 2.81. The Labute approximate surface area is 140 Å². The molecule has 1 aromatic carbocycles. The molecule has 1 aliphatic rings. The molecule has 1 amide bonds. The second kappa shape index (κ2) is 7.09. The molecule has 23 heavy (non-hydrogen) atoms. The highest BCUT2D eigenvalue weighted by molar-refractivity contribution is 6.16. The van der Waals surface area contributed by atoms with Crippen LogP contribution in [0.1, 0.15) is 40.8 Å². The normalized spacial score (nSPS) is 14.3. The van der Waals surface area contributed by atoms with Gasteiger partial charge in [-0.25, -0.2) is 0 Å². The molecule has 2 aromatic rings. The van der Waals surface area contributed by atoms with E-state index in [2.05, 4.69) is 17.4 Å². The minimum Gasteiger partial charge on any atom is -0.489 e. The summed E-state index contributed by atoms with van der Waals surface area (Å²) >= 11 is 5.66. The van der Waals surface area contributed by atoms with Crippen molar-refractivity contribution in [2.75, 3.05) is 6.54 Å². The van der Waals surface area contributed by atoms with Crippen molar-refractivity contribution in [2.45, 2.75) is 38.2 Å². The number of hydrogen-bond acceptors (Lipinski definition) is 3. The molecule has 5 heteroatoms. The highest BCUT2D eigenvalue weighted by Crippen LogP contribution is 2.26. The smallest absolute Gasteiger partial charge is 0.287 e. The zero-order chi connectivity index (χ0) is 16.2. The lowest BCUT2D eigenvalue weighted by Crippen LogP contribution is -2.33. The maximum absolute atomic E-state index is 12.0. The van der Waals surface area contributed by atoms with Gasteiger partial charge in [0, 0.05) is 0 Å². The van der Waals surface area contributed by atoms with E-state index in [1.165, 1.54) is 17.5 Å². The van der Waals surface area contributed by atoms with E-state index in [0.29, 0.717) is 12.3 Å². The van der Waals surface area contributed by atoms with Crippen molar-refractivity contribution >= 4 is 17.5 Å². The number of carbonyl (C=O) groups is 1. The van der Waals surface area contributed by atoms with E-state index in [9.17, 15) is 4.79 Å². The molecule has 3 rings (SSSR count). The number of carbonyl (C=O) groups excluding carboxylic acids is 1. The zero-order valence-electron chi connectivity index (χ0n) is 13.1. The van der Waals surface area contributed by atoms with Gasteiger partial charge in [-0.2, -0.15) is 0 Å². The first-order valence-electron chi connectivity index (χ1n) is 7.87. The zero-order valence-corrected chi connectivity index (χ0v) is 13.9. The Kier molecular flexibility index (Phi) is 4.91. The molecule has 4 nitrogen and oxygen atoms in total. The molecule has 1 heterocycles. The molecule has 1 N–H and O–H groups in total. The molecule has 0 saturated heterocycles. The third-order valence-electron chi connectivity index (χ3n) is 3.97. The summed E-state index contributed by atoms with van der Waals surface area (Å²) in [5.41, 5.74) is 2.80. The Hall–Kier alpha value is -1.94. The first-order valence-corrected chi connectivity index (χ1v) is 8.40. The third kappa shape index (κ3) is 3.88. The van der Waals surface area contributed by atoms with Crippen LogP contribution in [0.25, 0.3) is 0 Å². The fourth-order valence-electron chi connectivity index (χ4n) is 2.79. The lowest BCUT2D eigenvalue weighted by Gasteiger charge is -2.16. The van der Waals surface area contributed by atoms with E-state index < -0.39 is 0 Å². The highest BCUT2D eigenvalue weighted by atomic mass is 35.5. The molecule has 1 aliphatic carbocycles. The van der Waals surface area contributed by atoms with Gasteiger partial charge in [0.1, 0.15) is 17.6 Å². The van der Waals surface area contributed by atoms with Crippen LogP contribution in [0.2, 0.25) is 0 Å². The number of furan rings is 1. The fraction of sp³-hybridized carbons (Fsp3) is 0.389. The van der Waals surface area contributed by atoms with Gasteiger partial charge in [0.15, 0.2) is 5.76 Å². The Balaban J connectivity index is 1.51. The van der Waals surface area contributed by atoms with Crippen molar-refractivity contribution in [3.63, 3.8) is 0 Å². The van der Waals surface area contributed by atoms with Crippen LogP contribution >= 0.6 is 11.6 Å². The SMILES string of the molecule is CC(CNC(=O)c1ccc(CCl)o1)Oc1ccc2c(c1)CCC2. The number of hydrogen-bond donors (Lipinski definition) is 1. The first kappa shape index (κ1) is 15.9. The van der Waals surface area contributed by atoms with Gasteiger partial charge in [-0.3, -0.25) is 4.79 Å². The van der Waals surface area contributed by atoms with Gasteiger partial charge in [0.25, 0.3) is 5.91 Å².